The number of hydrogen-bond donors (Lipinski definition) is 2. The van der Waals surface area contributed by atoms with Crippen molar-refractivity contribution in [2.75, 3.05) is 25.5 Å². The smallest absolute Gasteiger partial charge is 0.310 e. The fourth-order valence-corrected chi connectivity index (χ4v) is 4.87. The summed E-state index contributed by atoms with van der Waals surface area (Å²) < 4.78 is 12.5. The summed E-state index contributed by atoms with van der Waals surface area (Å²) >= 11 is 7.65. The van der Waals surface area contributed by atoms with Crippen LogP contribution in [0.5, 0.6) is 5.75 Å². The lowest BCUT2D eigenvalue weighted by Crippen LogP contribution is -2.33. The minimum absolute atomic E-state index is 0.0415. The van der Waals surface area contributed by atoms with Crippen LogP contribution in [0.25, 0.3) is 0 Å². The molecular weight excluding hydrogens is 516 g/mol. The van der Waals surface area contributed by atoms with Crippen molar-refractivity contribution in [3.05, 3.63) is 74.5 Å². The van der Waals surface area contributed by atoms with Gasteiger partial charge in [-0.1, -0.05) is 29.8 Å². The van der Waals surface area contributed by atoms with E-state index in [-0.39, 0.29) is 40.9 Å². The number of aryl methyl sites for hydroxylation is 1. The van der Waals surface area contributed by atoms with E-state index in [2.05, 4.69) is 15.6 Å². The molecule has 2 heterocycles. The van der Waals surface area contributed by atoms with E-state index in [9.17, 15) is 14.4 Å². The number of rotatable bonds is 7. The summed E-state index contributed by atoms with van der Waals surface area (Å²) in [6.07, 6.45) is 3.18. The lowest BCUT2D eigenvalue weighted by molar-refractivity contribution is -0.153. The molecule has 1 fully saturated rings. The number of benzene rings is 2. The number of amides is 2. The summed E-state index contributed by atoms with van der Waals surface area (Å²) in [6.45, 7) is 3.38. The first-order valence-electron chi connectivity index (χ1n) is 11.7. The monoisotopic (exact) mass is 542 g/mol. The zero-order valence-electron chi connectivity index (χ0n) is 20.5. The molecule has 1 aliphatic rings. The molecule has 37 heavy (non-hydrogen) atoms. The van der Waals surface area contributed by atoms with E-state index in [1.54, 1.807) is 28.3 Å². The van der Waals surface area contributed by atoms with Crippen LogP contribution in [0.15, 0.2) is 53.0 Å². The number of carbonyl (C=O) groups excluding carboxylic acids is 3. The number of carbonyl (C=O) groups is 3. The van der Waals surface area contributed by atoms with Crippen molar-refractivity contribution in [2.24, 2.45) is 10.9 Å². The van der Waals surface area contributed by atoms with Gasteiger partial charge >= 0.3 is 5.97 Å². The molecule has 0 saturated carbocycles. The molecule has 1 aliphatic heterocycles. The van der Waals surface area contributed by atoms with Gasteiger partial charge in [0.2, 0.25) is 0 Å². The first kappa shape index (κ1) is 26.6. The first-order valence-corrected chi connectivity index (χ1v) is 13.0. The molecule has 9 nitrogen and oxygen atoms in total. The standard InChI is InChI=1S/C26H27ClN4O5S/c1-16-5-3-4-6-18(16)23(32)29-21-14-22(35-2)19(13-20(21)27)24(33)30-26-31(11-12-37-26)15-36-25(34)17-7-9-28-10-8-17/h3-6,11-14,17,28H,7-10,15H2,1-2H3,(H,29,32). The topological polar surface area (TPSA) is 111 Å². The second-order valence-electron chi connectivity index (χ2n) is 8.49. The number of esters is 1. The maximum Gasteiger partial charge on any atom is 0.310 e. The summed E-state index contributed by atoms with van der Waals surface area (Å²) in [5.74, 6) is -1.09. The summed E-state index contributed by atoms with van der Waals surface area (Å²) in [7, 11) is 1.42. The highest BCUT2D eigenvalue weighted by molar-refractivity contribution is 7.07. The molecule has 1 saturated heterocycles. The molecule has 11 heteroatoms. The van der Waals surface area contributed by atoms with Crippen LogP contribution in [-0.2, 0) is 16.3 Å². The average Bonchev–Trinajstić information content (AvgIpc) is 3.35. The molecule has 0 bridgehead atoms. The van der Waals surface area contributed by atoms with Gasteiger partial charge in [0.25, 0.3) is 11.8 Å². The lowest BCUT2D eigenvalue weighted by atomic mass is 9.99. The Kier molecular flexibility index (Phi) is 8.75. The third-order valence-corrected chi connectivity index (χ3v) is 7.14. The Morgan fingerprint density at radius 1 is 1.19 bits per heavy atom. The van der Waals surface area contributed by atoms with Crippen molar-refractivity contribution in [3.63, 3.8) is 0 Å². The molecule has 194 valence electrons. The molecule has 0 radical (unpaired) electrons. The largest absolute Gasteiger partial charge is 0.496 e. The molecule has 3 aromatic rings. The second-order valence-corrected chi connectivity index (χ2v) is 9.77. The predicted octanol–water partition coefficient (Wildman–Crippen LogP) is 4.01. The van der Waals surface area contributed by atoms with E-state index in [0.717, 1.165) is 31.5 Å². The maximum absolute atomic E-state index is 13.1. The van der Waals surface area contributed by atoms with E-state index in [1.165, 1.54) is 30.6 Å². The number of piperidine rings is 1. The van der Waals surface area contributed by atoms with E-state index in [0.29, 0.717) is 16.1 Å². The minimum Gasteiger partial charge on any atom is -0.496 e. The van der Waals surface area contributed by atoms with E-state index in [4.69, 9.17) is 21.1 Å². The Hall–Kier alpha value is -3.47. The van der Waals surface area contributed by atoms with Crippen molar-refractivity contribution in [2.45, 2.75) is 26.5 Å². The molecule has 0 atom stereocenters. The molecule has 0 aliphatic carbocycles. The third-order valence-electron chi connectivity index (χ3n) is 6.03. The van der Waals surface area contributed by atoms with Gasteiger partial charge < -0.3 is 20.1 Å². The fraction of sp³-hybridized carbons (Fsp3) is 0.308. The number of methoxy groups -OCH3 is 1. The zero-order valence-corrected chi connectivity index (χ0v) is 22.0. The van der Waals surface area contributed by atoms with Crippen LogP contribution in [0.1, 0.15) is 39.1 Å². The second kappa shape index (κ2) is 12.2. The molecule has 2 amide bonds. The summed E-state index contributed by atoms with van der Waals surface area (Å²) in [6, 6.07) is 10.1. The van der Waals surface area contributed by atoms with Gasteiger partial charge in [-0.3, -0.25) is 19.0 Å². The van der Waals surface area contributed by atoms with E-state index >= 15 is 0 Å². The van der Waals surface area contributed by atoms with Crippen LogP contribution in [0.2, 0.25) is 5.02 Å². The molecule has 0 spiro atoms. The number of aromatic nitrogens is 1. The number of ether oxygens (including phenoxy) is 2. The van der Waals surface area contributed by atoms with Crippen molar-refractivity contribution < 1.29 is 23.9 Å². The number of nitrogens with zero attached hydrogens (tertiary/aromatic N) is 2. The lowest BCUT2D eigenvalue weighted by Gasteiger charge is -2.20. The Balaban J connectivity index is 1.51. The predicted molar refractivity (Wildman–Crippen MR) is 141 cm³/mol. The Labute approximate surface area is 223 Å². The summed E-state index contributed by atoms with van der Waals surface area (Å²) in [4.78, 5) is 42.7. The van der Waals surface area contributed by atoms with Crippen LogP contribution < -0.4 is 20.2 Å². The van der Waals surface area contributed by atoms with E-state index in [1.807, 2.05) is 19.1 Å². The zero-order chi connectivity index (χ0) is 26.4. The number of nitrogens with one attached hydrogen (secondary N) is 2. The van der Waals surface area contributed by atoms with E-state index < -0.39 is 5.91 Å². The van der Waals surface area contributed by atoms with Crippen LogP contribution in [0.4, 0.5) is 5.69 Å². The number of halogens is 1. The summed E-state index contributed by atoms with van der Waals surface area (Å²) in [5.41, 5.74) is 1.77. The van der Waals surface area contributed by atoms with Gasteiger partial charge in [0, 0.05) is 23.2 Å². The Morgan fingerprint density at radius 2 is 1.95 bits per heavy atom. The first-order chi connectivity index (χ1) is 17.9. The van der Waals surface area contributed by atoms with Gasteiger partial charge in [-0.25, -0.2) is 0 Å². The molecule has 4 rings (SSSR count). The van der Waals surface area contributed by atoms with Crippen molar-refractivity contribution in [3.8, 4) is 5.75 Å². The maximum atomic E-state index is 13.1. The quantitative estimate of drug-likeness (QED) is 0.436. The van der Waals surface area contributed by atoms with Gasteiger partial charge in [0.05, 0.1) is 29.3 Å². The molecule has 2 aromatic carbocycles. The number of thiazole rings is 1. The molecule has 2 N–H and O–H groups in total. The van der Waals surface area contributed by atoms with Crippen LogP contribution in [-0.4, -0.2) is 42.6 Å². The van der Waals surface area contributed by atoms with Crippen LogP contribution >= 0.6 is 22.9 Å². The fourth-order valence-electron chi connectivity index (χ4n) is 3.94. The van der Waals surface area contributed by atoms with Gasteiger partial charge in [-0.15, -0.1) is 11.3 Å². The van der Waals surface area contributed by atoms with Crippen molar-refractivity contribution in [1.29, 1.82) is 0 Å². The van der Waals surface area contributed by atoms with Crippen molar-refractivity contribution in [1.82, 2.24) is 9.88 Å². The minimum atomic E-state index is -0.587. The highest BCUT2D eigenvalue weighted by Gasteiger charge is 2.22. The van der Waals surface area contributed by atoms with Crippen LogP contribution in [0, 0.1) is 12.8 Å². The average molecular weight is 543 g/mol. The normalized spacial score (nSPS) is 14.3. The molecular formula is C26H27ClN4O5S. The van der Waals surface area contributed by atoms with Gasteiger partial charge in [0.15, 0.2) is 11.5 Å². The molecule has 0 unspecified atom stereocenters. The summed E-state index contributed by atoms with van der Waals surface area (Å²) in [5, 5.41) is 7.90. The Morgan fingerprint density at radius 3 is 2.68 bits per heavy atom. The van der Waals surface area contributed by atoms with Gasteiger partial charge in [0.1, 0.15) is 5.75 Å². The van der Waals surface area contributed by atoms with Gasteiger partial charge in [-0.05, 0) is 50.6 Å². The molecule has 1 aromatic heterocycles. The highest BCUT2D eigenvalue weighted by Crippen LogP contribution is 2.32. The third kappa shape index (κ3) is 6.46. The van der Waals surface area contributed by atoms with Crippen LogP contribution in [0.3, 0.4) is 0 Å². The Bertz CT molecular complexity index is 1380. The SMILES string of the molecule is COc1cc(NC(=O)c2ccccc2C)c(Cl)cc1C(=O)N=c1sccn1COC(=O)C1CCNCC1. The number of hydrogen-bond acceptors (Lipinski definition) is 7. The highest BCUT2D eigenvalue weighted by atomic mass is 35.5. The van der Waals surface area contributed by atoms with Gasteiger partial charge in [-0.2, -0.15) is 4.99 Å². The number of anilines is 1. The van der Waals surface area contributed by atoms with Crippen molar-refractivity contribution >= 4 is 46.4 Å².